The Bertz CT molecular complexity index is 3340. The lowest BCUT2D eigenvalue weighted by molar-refractivity contribution is 0.661. The third-order valence-corrected chi connectivity index (χ3v) is 13.3. The second-order valence-electron chi connectivity index (χ2n) is 17.6. The SMILES string of the molecule is Cc1cc(-c2ccc3cc(-c4ccc5cc(-c6ccc7ccc8cc9c(cc8c7c6)C(C)(C)c6ccccc6-9)ccc5c4)ccc3c2)ccc1-c1ccccc1C(C)C. The van der Waals surface area contributed by atoms with Gasteiger partial charge in [0.2, 0.25) is 0 Å². The van der Waals surface area contributed by atoms with Crippen LogP contribution in [0.5, 0.6) is 0 Å². The van der Waals surface area contributed by atoms with Crippen molar-refractivity contribution < 1.29 is 0 Å². The normalized spacial score (nSPS) is 13.1. The van der Waals surface area contributed by atoms with Crippen molar-refractivity contribution in [2.45, 2.75) is 46.0 Å². The van der Waals surface area contributed by atoms with Crippen LogP contribution in [0.3, 0.4) is 0 Å². The molecule has 282 valence electrons. The van der Waals surface area contributed by atoms with Gasteiger partial charge < -0.3 is 0 Å². The van der Waals surface area contributed by atoms with Crippen molar-refractivity contribution in [3.05, 3.63) is 204 Å². The van der Waals surface area contributed by atoms with Gasteiger partial charge >= 0.3 is 0 Å². The van der Waals surface area contributed by atoms with Crippen molar-refractivity contribution in [3.8, 4) is 55.6 Å². The summed E-state index contributed by atoms with van der Waals surface area (Å²) in [5.41, 5.74) is 18.4. The van der Waals surface area contributed by atoms with Crippen LogP contribution in [0.2, 0.25) is 0 Å². The Balaban J connectivity index is 0.886. The van der Waals surface area contributed by atoms with Crippen LogP contribution >= 0.6 is 0 Å². The van der Waals surface area contributed by atoms with Gasteiger partial charge in [-0.15, -0.1) is 0 Å². The topological polar surface area (TPSA) is 0 Å². The minimum atomic E-state index is -0.0261. The molecular formula is C59H46. The van der Waals surface area contributed by atoms with Crippen molar-refractivity contribution in [1.82, 2.24) is 0 Å². The van der Waals surface area contributed by atoms with Crippen LogP contribution in [-0.2, 0) is 5.41 Å². The summed E-state index contributed by atoms with van der Waals surface area (Å²) < 4.78 is 0. The number of benzene rings is 10. The van der Waals surface area contributed by atoms with E-state index in [0.717, 1.165) is 0 Å². The molecule has 0 spiro atoms. The second kappa shape index (κ2) is 13.4. The van der Waals surface area contributed by atoms with Gasteiger partial charge in [-0.05, 0) is 176 Å². The summed E-state index contributed by atoms with van der Waals surface area (Å²) in [5, 5.41) is 10.2. The highest BCUT2D eigenvalue weighted by atomic mass is 14.4. The molecule has 10 aromatic carbocycles. The van der Waals surface area contributed by atoms with E-state index in [1.54, 1.807) is 0 Å². The molecule has 0 atom stereocenters. The fraction of sp³-hybridized carbons (Fsp3) is 0.119. The molecule has 10 aromatic rings. The molecule has 0 N–H and O–H groups in total. The largest absolute Gasteiger partial charge is 0.0619 e. The molecule has 0 radical (unpaired) electrons. The second-order valence-corrected chi connectivity index (χ2v) is 17.6. The maximum atomic E-state index is 2.47. The number of rotatable bonds is 5. The van der Waals surface area contributed by atoms with E-state index in [2.05, 4.69) is 217 Å². The highest BCUT2D eigenvalue weighted by Gasteiger charge is 2.35. The molecular weight excluding hydrogens is 709 g/mol. The van der Waals surface area contributed by atoms with E-state index >= 15 is 0 Å². The molecule has 59 heavy (non-hydrogen) atoms. The monoisotopic (exact) mass is 754 g/mol. The van der Waals surface area contributed by atoms with Crippen molar-refractivity contribution >= 4 is 43.1 Å². The zero-order valence-corrected chi connectivity index (χ0v) is 34.4. The van der Waals surface area contributed by atoms with Crippen LogP contribution in [0.15, 0.2) is 182 Å². The summed E-state index contributed by atoms with van der Waals surface area (Å²) in [7, 11) is 0. The lowest BCUT2D eigenvalue weighted by Gasteiger charge is -2.22. The van der Waals surface area contributed by atoms with Gasteiger partial charge in [-0.1, -0.05) is 167 Å². The average Bonchev–Trinajstić information content (AvgIpc) is 3.49. The third kappa shape index (κ3) is 5.81. The number of aryl methyl sites for hydroxylation is 1. The Hall–Kier alpha value is -6.76. The number of fused-ring (bicyclic) bond motifs is 8. The van der Waals surface area contributed by atoms with Crippen LogP contribution in [-0.4, -0.2) is 0 Å². The lowest BCUT2D eigenvalue weighted by Crippen LogP contribution is -2.14. The first-order valence-corrected chi connectivity index (χ1v) is 21.1. The highest BCUT2D eigenvalue weighted by molar-refractivity contribution is 6.11. The maximum absolute atomic E-state index is 2.47. The zero-order valence-electron chi connectivity index (χ0n) is 34.4. The summed E-state index contributed by atoms with van der Waals surface area (Å²) in [6, 6.07) is 68.7. The first kappa shape index (κ1) is 35.4. The molecule has 0 unspecified atom stereocenters. The van der Waals surface area contributed by atoms with Gasteiger partial charge in [-0.25, -0.2) is 0 Å². The predicted molar refractivity (Wildman–Crippen MR) is 255 cm³/mol. The van der Waals surface area contributed by atoms with Gasteiger partial charge in [0.15, 0.2) is 0 Å². The van der Waals surface area contributed by atoms with E-state index in [1.807, 2.05) is 0 Å². The first-order chi connectivity index (χ1) is 28.7. The fourth-order valence-corrected chi connectivity index (χ4v) is 10.0. The molecule has 0 heteroatoms. The molecule has 0 fully saturated rings. The van der Waals surface area contributed by atoms with Crippen LogP contribution in [0, 0.1) is 6.92 Å². The predicted octanol–water partition coefficient (Wildman–Crippen LogP) is 16.7. The molecule has 0 amide bonds. The van der Waals surface area contributed by atoms with Crippen LogP contribution in [0.4, 0.5) is 0 Å². The molecule has 0 aromatic heterocycles. The average molecular weight is 755 g/mol. The van der Waals surface area contributed by atoms with Gasteiger partial charge in [0.05, 0.1) is 0 Å². The van der Waals surface area contributed by atoms with Gasteiger partial charge in [0.1, 0.15) is 0 Å². The Labute approximate surface area is 347 Å². The van der Waals surface area contributed by atoms with E-state index in [4.69, 9.17) is 0 Å². The standard InChI is InChI=1S/C59H46/c1-36(2)50-10-6-7-11-52(50)51-27-26-39(28-37(51)3)40-17-18-42-30-43(20-19-41(42)29-40)44-21-22-46-32-47(24-23-45(46)31-44)48-16-14-38-15-25-49-34-56-53-12-8-9-13-57(53)59(4,5)58(56)35-55(49)54(38)33-48/h6-36H,1-5H3. The molecule has 1 aliphatic carbocycles. The molecule has 1 aliphatic rings. The summed E-state index contributed by atoms with van der Waals surface area (Å²) in [6.45, 7) is 11.5. The van der Waals surface area contributed by atoms with Crippen LogP contribution in [0.1, 0.15) is 55.9 Å². The number of hydrogen-bond donors (Lipinski definition) is 0. The summed E-state index contributed by atoms with van der Waals surface area (Å²) in [5.74, 6) is 0.482. The Morgan fingerprint density at radius 3 is 1.39 bits per heavy atom. The Morgan fingerprint density at radius 1 is 0.339 bits per heavy atom. The molecule has 0 aliphatic heterocycles. The minimum absolute atomic E-state index is 0.0261. The smallest absolute Gasteiger partial charge is 0.0159 e. The van der Waals surface area contributed by atoms with E-state index in [-0.39, 0.29) is 5.41 Å². The van der Waals surface area contributed by atoms with E-state index in [0.29, 0.717) is 5.92 Å². The third-order valence-electron chi connectivity index (χ3n) is 13.3. The van der Waals surface area contributed by atoms with E-state index in [1.165, 1.54) is 121 Å². The molecule has 0 saturated carbocycles. The van der Waals surface area contributed by atoms with Crippen LogP contribution < -0.4 is 0 Å². The Kier molecular flexibility index (Phi) is 8.04. The van der Waals surface area contributed by atoms with E-state index in [9.17, 15) is 0 Å². The van der Waals surface area contributed by atoms with Gasteiger partial charge in [0.25, 0.3) is 0 Å². The summed E-state index contributed by atoms with van der Waals surface area (Å²) in [6.07, 6.45) is 0. The van der Waals surface area contributed by atoms with Crippen molar-refractivity contribution in [2.75, 3.05) is 0 Å². The molecule has 11 rings (SSSR count). The van der Waals surface area contributed by atoms with Gasteiger partial charge in [-0.2, -0.15) is 0 Å². The van der Waals surface area contributed by atoms with Crippen molar-refractivity contribution in [2.24, 2.45) is 0 Å². The van der Waals surface area contributed by atoms with Crippen molar-refractivity contribution in [3.63, 3.8) is 0 Å². The molecule has 0 nitrogen and oxygen atoms in total. The first-order valence-electron chi connectivity index (χ1n) is 21.1. The van der Waals surface area contributed by atoms with Crippen LogP contribution in [0.25, 0.3) is 98.7 Å². The number of hydrogen-bond acceptors (Lipinski definition) is 0. The summed E-state index contributed by atoms with van der Waals surface area (Å²) >= 11 is 0. The van der Waals surface area contributed by atoms with Crippen molar-refractivity contribution in [1.29, 1.82) is 0 Å². The quantitative estimate of drug-likeness (QED) is 0.154. The molecule has 0 bridgehead atoms. The fourth-order valence-electron chi connectivity index (χ4n) is 10.0. The Morgan fingerprint density at radius 2 is 0.797 bits per heavy atom. The minimum Gasteiger partial charge on any atom is -0.0619 e. The molecule has 0 heterocycles. The maximum Gasteiger partial charge on any atom is 0.0159 e. The summed E-state index contributed by atoms with van der Waals surface area (Å²) in [4.78, 5) is 0. The highest BCUT2D eigenvalue weighted by Crippen LogP contribution is 2.50. The van der Waals surface area contributed by atoms with E-state index < -0.39 is 0 Å². The van der Waals surface area contributed by atoms with Gasteiger partial charge in [0, 0.05) is 5.41 Å². The molecule has 0 saturated heterocycles. The zero-order chi connectivity index (χ0) is 40.0. The van der Waals surface area contributed by atoms with Gasteiger partial charge in [-0.3, -0.25) is 0 Å². The lowest BCUT2D eigenvalue weighted by atomic mass is 9.81.